The number of halogens is 4. The van der Waals surface area contributed by atoms with Gasteiger partial charge < -0.3 is 4.74 Å². The van der Waals surface area contributed by atoms with E-state index in [9.17, 15) is 13.2 Å². The minimum absolute atomic E-state index is 0.274. The molecule has 88 valence electrons. The molecule has 0 aromatic rings. The van der Waals surface area contributed by atoms with E-state index < -0.39 is 18.2 Å². The van der Waals surface area contributed by atoms with Gasteiger partial charge in [0, 0.05) is 10.6 Å². The number of rotatable bonds is 1. The first-order valence-corrected chi connectivity index (χ1v) is 5.05. The highest BCUT2D eigenvalue weighted by Crippen LogP contribution is 2.31. The summed E-state index contributed by atoms with van der Waals surface area (Å²) in [4.78, 5) is 3.53. The Balaban J connectivity index is 2.30. The van der Waals surface area contributed by atoms with Crippen LogP contribution in [0.3, 0.4) is 0 Å². The van der Waals surface area contributed by atoms with Crippen molar-refractivity contribution >= 4 is 21.8 Å². The second kappa shape index (κ2) is 3.69. The minimum atomic E-state index is -4.50. The molecule has 0 aromatic carbocycles. The average Bonchev–Trinajstić information content (AvgIpc) is 2.63. The fraction of sp³-hybridized carbons (Fsp3) is 0.375. The number of hydrogen-bond acceptors (Lipinski definition) is 4. The highest BCUT2D eigenvalue weighted by molar-refractivity contribution is 9.11. The third-order valence-electron chi connectivity index (χ3n) is 2.07. The maximum atomic E-state index is 12.4. The zero-order valence-corrected chi connectivity index (χ0v) is 9.63. The summed E-state index contributed by atoms with van der Waals surface area (Å²) in [6, 6.07) is 0. The van der Waals surface area contributed by atoms with Crippen molar-refractivity contribution in [3.8, 4) is 0 Å². The number of allylic oxidation sites excluding steroid dienone is 2. The van der Waals surface area contributed by atoms with E-state index in [0.29, 0.717) is 4.48 Å². The lowest BCUT2D eigenvalue weighted by molar-refractivity contribution is -0.0633. The van der Waals surface area contributed by atoms with Gasteiger partial charge in [-0.1, -0.05) is 15.9 Å². The number of nitrogens with zero attached hydrogens (tertiary/aromatic N) is 2. The molecule has 0 spiro atoms. The summed E-state index contributed by atoms with van der Waals surface area (Å²) in [5.41, 5.74) is 2.16. The van der Waals surface area contributed by atoms with Crippen LogP contribution in [0.1, 0.15) is 0 Å². The SMILES string of the molecule is COC1=CC=C(Br)C2N=C(C(F)(F)F)NN12. The summed E-state index contributed by atoms with van der Waals surface area (Å²) in [6.45, 7) is 0. The monoisotopic (exact) mass is 297 g/mol. The molecular weight excluding hydrogens is 291 g/mol. The number of hydrazine groups is 1. The molecular formula is C8H7BrF3N3O. The molecule has 0 amide bonds. The van der Waals surface area contributed by atoms with Gasteiger partial charge in [0.1, 0.15) is 0 Å². The highest BCUT2D eigenvalue weighted by atomic mass is 79.9. The Bertz CT molecular complexity index is 402. The average molecular weight is 298 g/mol. The van der Waals surface area contributed by atoms with Crippen LogP contribution in [0.25, 0.3) is 0 Å². The van der Waals surface area contributed by atoms with E-state index in [2.05, 4.69) is 26.3 Å². The molecule has 1 unspecified atom stereocenters. The molecule has 2 heterocycles. The van der Waals surface area contributed by atoms with Crippen molar-refractivity contribution < 1.29 is 17.9 Å². The van der Waals surface area contributed by atoms with E-state index in [1.54, 1.807) is 12.2 Å². The maximum Gasteiger partial charge on any atom is 0.450 e. The number of hydrogen-bond donors (Lipinski definition) is 1. The molecule has 2 rings (SSSR count). The van der Waals surface area contributed by atoms with Crippen molar-refractivity contribution in [2.24, 2.45) is 4.99 Å². The van der Waals surface area contributed by atoms with Gasteiger partial charge in [-0.15, -0.1) is 0 Å². The molecule has 0 radical (unpaired) electrons. The van der Waals surface area contributed by atoms with Crippen LogP contribution in [0.4, 0.5) is 13.2 Å². The van der Waals surface area contributed by atoms with E-state index >= 15 is 0 Å². The highest BCUT2D eigenvalue weighted by Gasteiger charge is 2.44. The lowest BCUT2D eigenvalue weighted by atomic mass is 10.3. The number of alkyl halides is 3. The van der Waals surface area contributed by atoms with Crippen molar-refractivity contribution in [2.75, 3.05) is 7.11 Å². The van der Waals surface area contributed by atoms with Crippen LogP contribution in [0.5, 0.6) is 0 Å². The Morgan fingerprint density at radius 1 is 1.50 bits per heavy atom. The van der Waals surface area contributed by atoms with E-state index in [0.717, 1.165) is 0 Å². The Labute approximate surface area is 97.6 Å². The molecule has 4 nitrogen and oxygen atoms in total. The van der Waals surface area contributed by atoms with Crippen molar-refractivity contribution in [1.82, 2.24) is 10.4 Å². The van der Waals surface area contributed by atoms with Crippen LogP contribution >= 0.6 is 15.9 Å². The van der Waals surface area contributed by atoms with E-state index in [-0.39, 0.29) is 5.88 Å². The molecule has 0 saturated carbocycles. The van der Waals surface area contributed by atoms with Crippen LogP contribution in [0.15, 0.2) is 27.5 Å². The largest absolute Gasteiger partial charge is 0.481 e. The molecule has 2 aliphatic rings. The summed E-state index contributed by atoms with van der Waals surface area (Å²) in [5.74, 6) is -0.760. The molecule has 0 saturated heterocycles. The Morgan fingerprint density at radius 3 is 2.75 bits per heavy atom. The fourth-order valence-corrected chi connectivity index (χ4v) is 1.80. The first-order valence-electron chi connectivity index (χ1n) is 4.25. The van der Waals surface area contributed by atoms with E-state index in [4.69, 9.17) is 4.74 Å². The number of ether oxygens (including phenoxy) is 1. The van der Waals surface area contributed by atoms with Crippen LogP contribution in [0, 0.1) is 0 Å². The summed E-state index contributed by atoms with van der Waals surface area (Å²) < 4.78 is 42.8. The van der Waals surface area contributed by atoms with Gasteiger partial charge in [-0.05, 0) is 6.08 Å². The van der Waals surface area contributed by atoms with Crippen LogP contribution in [-0.4, -0.2) is 30.3 Å². The second-order valence-electron chi connectivity index (χ2n) is 3.09. The van der Waals surface area contributed by atoms with Gasteiger partial charge in [0.15, 0.2) is 6.17 Å². The van der Waals surface area contributed by atoms with Gasteiger partial charge in [-0.3, -0.25) is 5.43 Å². The fourth-order valence-electron chi connectivity index (χ4n) is 1.36. The van der Waals surface area contributed by atoms with Gasteiger partial charge in [0.25, 0.3) is 0 Å². The van der Waals surface area contributed by atoms with Crippen molar-refractivity contribution in [1.29, 1.82) is 0 Å². The lowest BCUT2D eigenvalue weighted by Crippen LogP contribution is -2.45. The zero-order valence-electron chi connectivity index (χ0n) is 8.05. The first kappa shape index (κ1) is 11.3. The normalized spacial score (nSPS) is 24.2. The predicted molar refractivity (Wildman–Crippen MR) is 54.4 cm³/mol. The number of aliphatic imine (C=N–C) groups is 1. The standard InChI is InChI=1S/C8H7BrF3N3O/c1-16-5-3-2-4(9)6-13-7(8(10,11)12)14-15(5)6/h2-3,6H,1H3,(H,13,14). The molecule has 8 heteroatoms. The number of amidine groups is 1. The Hall–Kier alpha value is -1.18. The quantitative estimate of drug-likeness (QED) is 0.803. The second-order valence-corrected chi connectivity index (χ2v) is 4.01. The summed E-state index contributed by atoms with van der Waals surface area (Å²) in [6.07, 6.45) is -2.12. The van der Waals surface area contributed by atoms with Crippen LogP contribution < -0.4 is 5.43 Å². The molecule has 16 heavy (non-hydrogen) atoms. The Morgan fingerprint density at radius 2 is 2.19 bits per heavy atom. The molecule has 1 atom stereocenters. The maximum absolute atomic E-state index is 12.4. The number of methoxy groups -OCH3 is 1. The van der Waals surface area contributed by atoms with E-state index in [1.807, 2.05) is 0 Å². The lowest BCUT2D eigenvalue weighted by Gasteiger charge is -2.28. The summed E-state index contributed by atoms with van der Waals surface area (Å²) in [7, 11) is 1.38. The predicted octanol–water partition coefficient (Wildman–Crippen LogP) is 1.87. The van der Waals surface area contributed by atoms with Gasteiger partial charge in [0.05, 0.1) is 7.11 Å². The number of fused-ring (bicyclic) bond motifs is 1. The summed E-state index contributed by atoms with van der Waals surface area (Å²) in [5, 5.41) is 1.20. The zero-order chi connectivity index (χ0) is 11.9. The Kier molecular flexibility index (Phi) is 2.61. The molecule has 0 aliphatic carbocycles. The van der Waals surface area contributed by atoms with Crippen molar-refractivity contribution in [3.63, 3.8) is 0 Å². The smallest absolute Gasteiger partial charge is 0.450 e. The third-order valence-corrected chi connectivity index (χ3v) is 2.74. The molecule has 0 aromatic heterocycles. The van der Waals surface area contributed by atoms with Crippen LogP contribution in [-0.2, 0) is 4.74 Å². The van der Waals surface area contributed by atoms with Crippen LogP contribution in [0.2, 0.25) is 0 Å². The molecule has 0 fully saturated rings. The molecule has 1 N–H and O–H groups in total. The first-order chi connectivity index (χ1) is 7.43. The topological polar surface area (TPSA) is 36.9 Å². The summed E-state index contributed by atoms with van der Waals surface area (Å²) >= 11 is 3.15. The molecule has 2 aliphatic heterocycles. The van der Waals surface area contributed by atoms with E-state index in [1.165, 1.54) is 12.1 Å². The van der Waals surface area contributed by atoms with Gasteiger partial charge >= 0.3 is 6.18 Å². The van der Waals surface area contributed by atoms with Gasteiger partial charge in [0.2, 0.25) is 11.7 Å². The minimum Gasteiger partial charge on any atom is -0.481 e. The number of nitrogens with one attached hydrogen (secondary N) is 1. The third kappa shape index (κ3) is 1.77. The molecule has 0 bridgehead atoms. The van der Waals surface area contributed by atoms with Crippen molar-refractivity contribution in [3.05, 3.63) is 22.5 Å². The van der Waals surface area contributed by atoms with Gasteiger partial charge in [-0.2, -0.15) is 13.2 Å². The van der Waals surface area contributed by atoms with Gasteiger partial charge in [-0.25, -0.2) is 10.0 Å². The van der Waals surface area contributed by atoms with Crippen molar-refractivity contribution in [2.45, 2.75) is 12.3 Å².